The van der Waals surface area contributed by atoms with Crippen LogP contribution in [0.3, 0.4) is 0 Å². The molecule has 0 atom stereocenters. The van der Waals surface area contributed by atoms with Crippen molar-refractivity contribution < 1.29 is 17.2 Å². The summed E-state index contributed by atoms with van der Waals surface area (Å²) in [5, 5.41) is 0.271. The van der Waals surface area contributed by atoms with Gasteiger partial charge >= 0.3 is 0 Å². The van der Waals surface area contributed by atoms with Gasteiger partial charge in [-0.3, -0.25) is 4.79 Å². The molecule has 4 aromatic rings. The van der Waals surface area contributed by atoms with E-state index in [-0.39, 0.29) is 26.9 Å². The summed E-state index contributed by atoms with van der Waals surface area (Å²) in [7, 11) is -2.61. The minimum Gasteiger partial charge on any atom is -0.316 e. The van der Waals surface area contributed by atoms with Crippen molar-refractivity contribution in [2.45, 2.75) is 11.8 Å². The second-order valence-corrected chi connectivity index (χ2v) is 9.05. The fraction of sp³-hybridized carbons (Fsp3) is 0.0870. The Kier molecular flexibility index (Phi) is 4.89. The lowest BCUT2D eigenvalue weighted by molar-refractivity contribution is 0.506. The molecule has 158 valence electrons. The van der Waals surface area contributed by atoms with Gasteiger partial charge in [0.15, 0.2) is 11.6 Å². The van der Waals surface area contributed by atoms with E-state index in [9.17, 15) is 22.0 Å². The van der Waals surface area contributed by atoms with Gasteiger partial charge in [-0.2, -0.15) is 0 Å². The van der Waals surface area contributed by atoms with Crippen molar-refractivity contribution in [3.05, 3.63) is 106 Å². The predicted molar refractivity (Wildman–Crippen MR) is 115 cm³/mol. The van der Waals surface area contributed by atoms with Crippen LogP contribution in [0.4, 0.5) is 8.78 Å². The van der Waals surface area contributed by atoms with Gasteiger partial charge in [0, 0.05) is 36.0 Å². The van der Waals surface area contributed by atoms with Crippen LogP contribution in [-0.4, -0.2) is 17.0 Å². The van der Waals surface area contributed by atoms with Crippen molar-refractivity contribution in [2.75, 3.05) is 0 Å². The lowest BCUT2D eigenvalue weighted by Gasteiger charge is -2.13. The second kappa shape index (κ2) is 7.31. The van der Waals surface area contributed by atoms with Crippen LogP contribution in [-0.2, 0) is 17.1 Å². The van der Waals surface area contributed by atoms with E-state index in [4.69, 9.17) is 0 Å². The molecule has 0 amide bonds. The van der Waals surface area contributed by atoms with Crippen molar-refractivity contribution in [3.8, 4) is 0 Å². The van der Waals surface area contributed by atoms with E-state index in [0.717, 1.165) is 15.6 Å². The van der Waals surface area contributed by atoms with Crippen molar-refractivity contribution in [3.63, 3.8) is 0 Å². The van der Waals surface area contributed by atoms with Gasteiger partial charge in [-0.05, 0) is 36.8 Å². The molecule has 0 aliphatic rings. The molecule has 2 aromatic heterocycles. The Bertz CT molecular complexity index is 1520. The highest BCUT2D eigenvalue weighted by atomic mass is 32.2. The molecule has 0 saturated heterocycles. The Morgan fingerprint density at radius 3 is 2.35 bits per heavy atom. The molecule has 0 unspecified atom stereocenters. The fourth-order valence-corrected chi connectivity index (χ4v) is 4.82. The van der Waals surface area contributed by atoms with Crippen LogP contribution in [0.25, 0.3) is 16.5 Å². The summed E-state index contributed by atoms with van der Waals surface area (Å²) in [5.41, 5.74) is 0.616. The molecule has 2 aromatic carbocycles. The largest absolute Gasteiger partial charge is 0.316 e. The summed E-state index contributed by atoms with van der Waals surface area (Å²) in [6, 6.07) is 11.4. The number of benzene rings is 2. The van der Waals surface area contributed by atoms with Crippen molar-refractivity contribution in [1.29, 1.82) is 0 Å². The van der Waals surface area contributed by atoms with Gasteiger partial charge in [-0.15, -0.1) is 0 Å². The van der Waals surface area contributed by atoms with Gasteiger partial charge in [-0.1, -0.05) is 36.4 Å². The van der Waals surface area contributed by atoms with E-state index >= 15 is 0 Å². The first-order valence-corrected chi connectivity index (χ1v) is 10.7. The lowest BCUT2D eigenvalue weighted by atomic mass is 9.98. The number of nitrogens with zero attached hydrogens (tertiary/aromatic N) is 2. The lowest BCUT2D eigenvalue weighted by Crippen LogP contribution is -2.22. The number of halogens is 2. The van der Waals surface area contributed by atoms with E-state index in [1.807, 2.05) is 6.92 Å². The van der Waals surface area contributed by atoms with Crippen LogP contribution in [0.2, 0.25) is 0 Å². The molecule has 0 spiro atoms. The second-order valence-electron chi connectivity index (χ2n) is 7.23. The molecule has 0 aliphatic carbocycles. The minimum atomic E-state index is -4.06. The van der Waals surface area contributed by atoms with E-state index in [0.29, 0.717) is 5.56 Å². The number of rotatable bonds is 4. The molecule has 8 heteroatoms. The van der Waals surface area contributed by atoms with Gasteiger partial charge in [0.05, 0.1) is 4.90 Å². The normalized spacial score (nSPS) is 11.7. The van der Waals surface area contributed by atoms with Crippen molar-refractivity contribution in [1.82, 2.24) is 8.54 Å². The van der Waals surface area contributed by atoms with Crippen LogP contribution in [0.5, 0.6) is 0 Å². The zero-order valence-electron chi connectivity index (χ0n) is 16.8. The maximum atomic E-state index is 14.4. The zero-order valence-corrected chi connectivity index (χ0v) is 17.6. The van der Waals surface area contributed by atoms with Gasteiger partial charge < -0.3 is 4.57 Å². The summed E-state index contributed by atoms with van der Waals surface area (Å²) in [6.45, 7) is 5.71. The number of aryl methyl sites for hydroxylation is 2. The quantitative estimate of drug-likeness (QED) is 0.477. The van der Waals surface area contributed by atoms with E-state index < -0.39 is 27.2 Å². The van der Waals surface area contributed by atoms with Gasteiger partial charge in [0.1, 0.15) is 5.52 Å². The summed E-state index contributed by atoms with van der Waals surface area (Å²) in [5.74, 6) is -2.10. The summed E-state index contributed by atoms with van der Waals surface area (Å²) in [4.78, 5) is 12.9. The molecule has 0 bridgehead atoms. The number of aromatic nitrogens is 2. The van der Waals surface area contributed by atoms with Crippen molar-refractivity contribution >= 4 is 26.5 Å². The van der Waals surface area contributed by atoms with Crippen LogP contribution in [0, 0.1) is 18.6 Å². The smallest absolute Gasteiger partial charge is 0.275 e. The first-order chi connectivity index (χ1) is 14.6. The van der Waals surface area contributed by atoms with Gasteiger partial charge in [0.2, 0.25) is 0 Å². The predicted octanol–water partition coefficient (Wildman–Crippen LogP) is 4.23. The number of hydrogen-bond donors (Lipinski definition) is 0. The maximum Gasteiger partial charge on any atom is 0.275 e. The molecule has 0 N–H and O–H groups in total. The Morgan fingerprint density at radius 2 is 1.68 bits per heavy atom. The third-order valence-corrected chi connectivity index (χ3v) is 6.86. The van der Waals surface area contributed by atoms with Crippen LogP contribution < -0.4 is 5.56 Å². The molecule has 4 rings (SSSR count). The van der Waals surface area contributed by atoms with E-state index in [1.165, 1.54) is 54.3 Å². The van der Waals surface area contributed by atoms with Gasteiger partial charge in [-0.25, -0.2) is 21.2 Å². The third-order valence-electron chi connectivity index (χ3n) is 5.17. The van der Waals surface area contributed by atoms with Crippen LogP contribution >= 0.6 is 0 Å². The Hall–Kier alpha value is -3.52. The molecule has 5 nitrogen and oxygen atoms in total. The third kappa shape index (κ3) is 3.29. The topological polar surface area (TPSA) is 61.1 Å². The molecular weight excluding hydrogens is 422 g/mol. The molecule has 0 radical (unpaired) electrons. The van der Waals surface area contributed by atoms with E-state index in [2.05, 4.69) is 6.58 Å². The van der Waals surface area contributed by atoms with E-state index in [1.54, 1.807) is 12.1 Å². The minimum absolute atomic E-state index is 0.0260. The number of hydrogen-bond acceptors (Lipinski definition) is 3. The van der Waals surface area contributed by atoms with Crippen LogP contribution in [0.15, 0.2) is 77.2 Å². The number of pyridine rings is 1. The highest BCUT2D eigenvalue weighted by Crippen LogP contribution is 2.31. The first-order valence-electron chi connectivity index (χ1n) is 9.29. The first kappa shape index (κ1) is 20.7. The SMILES string of the molecule is C=C(c1cccc(F)c1F)c1cn(C)c(=O)c2c1ccn2S(=O)(=O)c1ccc(C)cc1. The highest BCUT2D eigenvalue weighted by Gasteiger charge is 2.24. The average Bonchev–Trinajstić information content (AvgIpc) is 3.19. The Morgan fingerprint density at radius 1 is 1.00 bits per heavy atom. The molecule has 0 fully saturated rings. The molecule has 0 saturated carbocycles. The summed E-state index contributed by atoms with van der Waals surface area (Å²) >= 11 is 0. The average molecular weight is 440 g/mol. The molecule has 2 heterocycles. The molecular formula is C23H18F2N2O3S. The Labute approximate surface area is 177 Å². The zero-order chi connectivity index (χ0) is 22.5. The molecule has 31 heavy (non-hydrogen) atoms. The van der Waals surface area contributed by atoms with Crippen LogP contribution in [0.1, 0.15) is 16.7 Å². The highest BCUT2D eigenvalue weighted by molar-refractivity contribution is 7.90. The number of fused-ring (bicyclic) bond motifs is 1. The summed E-state index contributed by atoms with van der Waals surface area (Å²) < 4.78 is 56.6. The fourth-order valence-electron chi connectivity index (χ4n) is 3.48. The van der Waals surface area contributed by atoms with Crippen molar-refractivity contribution in [2.24, 2.45) is 7.05 Å². The monoisotopic (exact) mass is 440 g/mol. The summed E-state index contributed by atoms with van der Waals surface area (Å²) in [6.07, 6.45) is 2.71. The standard InChI is InChI=1S/C23H18F2N2O3S/c1-14-7-9-16(10-8-14)31(29,30)27-12-11-18-19(13-26(3)23(28)22(18)27)15(2)17-5-4-6-20(24)21(17)25/h4-13H,2H2,1,3H3. The Balaban J connectivity index is 1.98. The molecule has 0 aliphatic heterocycles. The van der Waals surface area contributed by atoms with Gasteiger partial charge in [0.25, 0.3) is 15.6 Å². The maximum absolute atomic E-state index is 14.4.